The minimum atomic E-state index is -0.0932. The van der Waals surface area contributed by atoms with Crippen LogP contribution in [0.1, 0.15) is 46.7 Å². The van der Waals surface area contributed by atoms with E-state index in [9.17, 15) is 4.79 Å². The van der Waals surface area contributed by atoms with Crippen molar-refractivity contribution in [3.8, 4) is 0 Å². The Balaban J connectivity index is 2.37. The van der Waals surface area contributed by atoms with Gasteiger partial charge in [-0.15, -0.1) is 0 Å². The van der Waals surface area contributed by atoms with E-state index >= 15 is 0 Å². The summed E-state index contributed by atoms with van der Waals surface area (Å²) in [6, 6.07) is 6.16. The van der Waals surface area contributed by atoms with Gasteiger partial charge in [-0.3, -0.25) is 4.79 Å². The number of nitrogens with one attached hydrogen (secondary N) is 1. The quantitative estimate of drug-likeness (QED) is 0.902. The zero-order valence-corrected chi connectivity index (χ0v) is 12.5. The number of para-hydroxylation sites is 1. The first-order valence-electron chi connectivity index (χ1n) is 7.05. The van der Waals surface area contributed by atoms with Crippen LogP contribution >= 0.6 is 0 Å². The Labute approximate surface area is 120 Å². The standard InChI is InChI=1S/C17H21NO2/c1-5-13-8-7-9-14(6-2)16(13)18-17(19)15-11(3)10-20-12(15)4/h7-10H,5-6H2,1-4H3,(H,18,19). The Morgan fingerprint density at radius 2 is 1.75 bits per heavy atom. The van der Waals surface area contributed by atoms with E-state index in [1.165, 1.54) is 0 Å². The van der Waals surface area contributed by atoms with E-state index in [2.05, 4.69) is 31.3 Å². The molecule has 0 saturated heterocycles. The molecule has 0 fully saturated rings. The number of carbonyl (C=O) groups is 1. The summed E-state index contributed by atoms with van der Waals surface area (Å²) < 4.78 is 5.31. The summed E-state index contributed by atoms with van der Waals surface area (Å²) in [4.78, 5) is 12.5. The molecule has 0 atom stereocenters. The molecule has 0 aliphatic heterocycles. The van der Waals surface area contributed by atoms with Gasteiger partial charge in [-0.1, -0.05) is 32.0 Å². The Bertz CT molecular complexity index is 584. The van der Waals surface area contributed by atoms with Crippen LogP contribution in [0.3, 0.4) is 0 Å². The maximum atomic E-state index is 12.5. The maximum Gasteiger partial charge on any atom is 0.259 e. The lowest BCUT2D eigenvalue weighted by Gasteiger charge is -2.14. The van der Waals surface area contributed by atoms with Crippen molar-refractivity contribution in [2.24, 2.45) is 0 Å². The molecule has 1 heterocycles. The smallest absolute Gasteiger partial charge is 0.259 e. The Hall–Kier alpha value is -2.03. The lowest BCUT2D eigenvalue weighted by Crippen LogP contribution is -2.16. The van der Waals surface area contributed by atoms with Gasteiger partial charge < -0.3 is 9.73 Å². The average Bonchev–Trinajstić information content (AvgIpc) is 2.78. The van der Waals surface area contributed by atoms with Gasteiger partial charge in [-0.2, -0.15) is 0 Å². The van der Waals surface area contributed by atoms with Crippen LogP contribution in [0.25, 0.3) is 0 Å². The molecule has 0 radical (unpaired) electrons. The van der Waals surface area contributed by atoms with Crippen LogP contribution in [0.15, 0.2) is 28.9 Å². The number of benzene rings is 1. The van der Waals surface area contributed by atoms with E-state index in [0.717, 1.165) is 35.2 Å². The molecule has 106 valence electrons. The third kappa shape index (κ3) is 2.62. The monoisotopic (exact) mass is 271 g/mol. The molecule has 0 spiro atoms. The number of furan rings is 1. The topological polar surface area (TPSA) is 42.2 Å². The van der Waals surface area contributed by atoms with Gasteiger partial charge in [0.15, 0.2) is 0 Å². The van der Waals surface area contributed by atoms with Crippen molar-refractivity contribution >= 4 is 11.6 Å². The van der Waals surface area contributed by atoms with Gasteiger partial charge in [0.2, 0.25) is 0 Å². The molecule has 0 bridgehead atoms. The highest BCUT2D eigenvalue weighted by Gasteiger charge is 2.17. The van der Waals surface area contributed by atoms with E-state index in [4.69, 9.17) is 4.42 Å². The molecule has 3 heteroatoms. The third-order valence-corrected chi connectivity index (χ3v) is 3.62. The van der Waals surface area contributed by atoms with Crippen LogP contribution in [0.4, 0.5) is 5.69 Å². The number of anilines is 1. The predicted molar refractivity (Wildman–Crippen MR) is 81.3 cm³/mol. The fraction of sp³-hybridized carbons (Fsp3) is 0.353. The van der Waals surface area contributed by atoms with Gasteiger partial charge in [-0.25, -0.2) is 0 Å². The summed E-state index contributed by atoms with van der Waals surface area (Å²) in [5.74, 6) is 0.566. The SMILES string of the molecule is CCc1cccc(CC)c1NC(=O)c1c(C)coc1C. The fourth-order valence-electron chi connectivity index (χ4n) is 2.49. The summed E-state index contributed by atoms with van der Waals surface area (Å²) in [5.41, 5.74) is 4.78. The van der Waals surface area contributed by atoms with Gasteiger partial charge in [-0.05, 0) is 37.8 Å². The van der Waals surface area contributed by atoms with Crippen molar-refractivity contribution < 1.29 is 9.21 Å². The molecular formula is C17H21NO2. The Morgan fingerprint density at radius 1 is 1.15 bits per heavy atom. The van der Waals surface area contributed by atoms with Gasteiger partial charge in [0.1, 0.15) is 5.76 Å². The van der Waals surface area contributed by atoms with E-state index in [0.29, 0.717) is 11.3 Å². The number of amides is 1. The highest BCUT2D eigenvalue weighted by Crippen LogP contribution is 2.24. The summed E-state index contributed by atoms with van der Waals surface area (Å²) in [6.07, 6.45) is 3.41. The van der Waals surface area contributed by atoms with Crippen molar-refractivity contribution in [1.82, 2.24) is 0 Å². The summed E-state index contributed by atoms with van der Waals surface area (Å²) in [7, 11) is 0. The van der Waals surface area contributed by atoms with Crippen molar-refractivity contribution in [2.75, 3.05) is 5.32 Å². The molecule has 3 nitrogen and oxygen atoms in total. The van der Waals surface area contributed by atoms with Gasteiger partial charge in [0.25, 0.3) is 5.91 Å². The molecule has 1 aromatic carbocycles. The first-order chi connectivity index (χ1) is 9.58. The van der Waals surface area contributed by atoms with E-state index in [1.54, 1.807) is 6.26 Å². The normalized spacial score (nSPS) is 10.6. The van der Waals surface area contributed by atoms with Crippen LogP contribution in [-0.2, 0) is 12.8 Å². The molecule has 0 aliphatic carbocycles. The minimum Gasteiger partial charge on any atom is -0.469 e. The fourth-order valence-corrected chi connectivity index (χ4v) is 2.49. The molecule has 20 heavy (non-hydrogen) atoms. The van der Waals surface area contributed by atoms with Gasteiger partial charge >= 0.3 is 0 Å². The highest BCUT2D eigenvalue weighted by atomic mass is 16.3. The predicted octanol–water partition coefficient (Wildman–Crippen LogP) is 4.27. The van der Waals surface area contributed by atoms with E-state index in [1.807, 2.05) is 19.9 Å². The highest BCUT2D eigenvalue weighted by molar-refractivity contribution is 6.06. The molecule has 1 amide bonds. The lowest BCUT2D eigenvalue weighted by molar-refractivity contribution is 0.102. The number of rotatable bonds is 4. The Morgan fingerprint density at radius 3 is 2.20 bits per heavy atom. The van der Waals surface area contributed by atoms with E-state index in [-0.39, 0.29) is 5.91 Å². The second kappa shape index (κ2) is 5.95. The number of carbonyl (C=O) groups excluding carboxylic acids is 1. The first kappa shape index (κ1) is 14.4. The second-order valence-electron chi connectivity index (χ2n) is 4.96. The van der Waals surface area contributed by atoms with Crippen molar-refractivity contribution in [2.45, 2.75) is 40.5 Å². The molecule has 2 aromatic rings. The lowest BCUT2D eigenvalue weighted by atomic mass is 10.0. The molecule has 2 rings (SSSR count). The van der Waals surface area contributed by atoms with Crippen molar-refractivity contribution in [1.29, 1.82) is 0 Å². The summed E-state index contributed by atoms with van der Waals surface area (Å²) >= 11 is 0. The zero-order chi connectivity index (χ0) is 14.7. The zero-order valence-electron chi connectivity index (χ0n) is 12.5. The molecule has 1 aromatic heterocycles. The van der Waals surface area contributed by atoms with Crippen LogP contribution in [-0.4, -0.2) is 5.91 Å². The van der Waals surface area contributed by atoms with Crippen LogP contribution < -0.4 is 5.32 Å². The van der Waals surface area contributed by atoms with Crippen molar-refractivity contribution in [3.63, 3.8) is 0 Å². The molecular weight excluding hydrogens is 250 g/mol. The van der Waals surface area contributed by atoms with Gasteiger partial charge in [0, 0.05) is 11.3 Å². The van der Waals surface area contributed by atoms with Crippen LogP contribution in [0.2, 0.25) is 0 Å². The number of aryl methyl sites for hydroxylation is 4. The van der Waals surface area contributed by atoms with Crippen molar-refractivity contribution in [3.05, 3.63) is 52.5 Å². The average molecular weight is 271 g/mol. The molecule has 0 unspecified atom stereocenters. The molecule has 0 saturated carbocycles. The first-order valence-corrected chi connectivity index (χ1v) is 7.05. The largest absolute Gasteiger partial charge is 0.469 e. The number of hydrogen-bond acceptors (Lipinski definition) is 2. The van der Waals surface area contributed by atoms with Gasteiger partial charge in [0.05, 0.1) is 11.8 Å². The molecule has 1 N–H and O–H groups in total. The van der Waals surface area contributed by atoms with Crippen LogP contribution in [0.5, 0.6) is 0 Å². The Kier molecular flexibility index (Phi) is 4.28. The third-order valence-electron chi connectivity index (χ3n) is 3.62. The minimum absolute atomic E-state index is 0.0932. The summed E-state index contributed by atoms with van der Waals surface area (Å²) in [5, 5.41) is 3.07. The van der Waals surface area contributed by atoms with Crippen LogP contribution in [0, 0.1) is 13.8 Å². The molecule has 0 aliphatic rings. The number of hydrogen-bond donors (Lipinski definition) is 1. The maximum absolute atomic E-state index is 12.5. The second-order valence-corrected chi connectivity index (χ2v) is 4.96. The van der Waals surface area contributed by atoms with E-state index < -0.39 is 0 Å². The summed E-state index contributed by atoms with van der Waals surface area (Å²) in [6.45, 7) is 7.89.